The zero-order chi connectivity index (χ0) is 16.8. The molecule has 0 aliphatic carbocycles. The van der Waals surface area contributed by atoms with E-state index in [0.29, 0.717) is 13.1 Å². The van der Waals surface area contributed by atoms with Gasteiger partial charge in [-0.05, 0) is 36.1 Å². The summed E-state index contributed by atoms with van der Waals surface area (Å²) in [6.45, 7) is 3.26. The second kappa shape index (κ2) is 7.81. The Morgan fingerprint density at radius 3 is 2.67 bits per heavy atom. The summed E-state index contributed by atoms with van der Waals surface area (Å²) in [5.74, 6) is 1.01. The molecule has 5 heteroatoms. The highest BCUT2D eigenvalue weighted by Crippen LogP contribution is 2.18. The molecule has 126 valence electrons. The molecule has 0 radical (unpaired) electrons. The van der Waals surface area contributed by atoms with Crippen LogP contribution in [0.25, 0.3) is 0 Å². The first-order chi connectivity index (χ1) is 11.7. The number of carbonyl (C=O) groups excluding carboxylic acids is 1. The lowest BCUT2D eigenvalue weighted by Gasteiger charge is -2.19. The van der Waals surface area contributed by atoms with E-state index >= 15 is 0 Å². The van der Waals surface area contributed by atoms with Crippen LogP contribution in [0.2, 0.25) is 0 Å². The number of hydrogen-bond acceptors (Lipinski definition) is 3. The molecule has 1 aliphatic heterocycles. The molecule has 0 spiro atoms. The highest BCUT2D eigenvalue weighted by Gasteiger charge is 2.14. The van der Waals surface area contributed by atoms with E-state index in [0.717, 1.165) is 30.0 Å². The van der Waals surface area contributed by atoms with E-state index in [9.17, 15) is 4.79 Å². The molecule has 0 bridgehead atoms. The second-order valence-corrected chi connectivity index (χ2v) is 6.22. The first-order valence-corrected chi connectivity index (χ1v) is 8.45. The van der Waals surface area contributed by atoms with Crippen LogP contribution in [0.3, 0.4) is 0 Å². The van der Waals surface area contributed by atoms with Crippen molar-refractivity contribution in [2.75, 3.05) is 25.0 Å². The van der Waals surface area contributed by atoms with Crippen molar-refractivity contribution in [3.8, 4) is 0 Å². The van der Waals surface area contributed by atoms with Crippen molar-refractivity contribution in [2.24, 2.45) is 0 Å². The van der Waals surface area contributed by atoms with Gasteiger partial charge in [0.2, 0.25) is 0 Å². The number of amides is 2. The maximum atomic E-state index is 12.3. The average Bonchev–Trinajstić information content (AvgIpc) is 3.15. The molecule has 1 aromatic heterocycles. The smallest absolute Gasteiger partial charge is 0.317 e. The fourth-order valence-corrected chi connectivity index (χ4v) is 2.93. The van der Waals surface area contributed by atoms with Gasteiger partial charge in [-0.3, -0.25) is 0 Å². The summed E-state index contributed by atoms with van der Waals surface area (Å²) < 4.78 is 0. The number of carbonyl (C=O) groups is 1. The molecule has 1 N–H and O–H groups in total. The minimum atomic E-state index is -0.0709. The van der Waals surface area contributed by atoms with Gasteiger partial charge in [0.15, 0.2) is 0 Å². The summed E-state index contributed by atoms with van der Waals surface area (Å²) in [6.07, 6.45) is 4.28. The minimum absolute atomic E-state index is 0.0709. The van der Waals surface area contributed by atoms with Crippen molar-refractivity contribution in [2.45, 2.75) is 25.9 Å². The fraction of sp³-hybridized carbons (Fsp3) is 0.368. The molecule has 1 saturated heterocycles. The molecule has 2 amide bonds. The van der Waals surface area contributed by atoms with Crippen LogP contribution in [0.1, 0.15) is 24.0 Å². The Bertz CT molecular complexity index is 668. The zero-order valence-electron chi connectivity index (χ0n) is 14.1. The van der Waals surface area contributed by atoms with Crippen molar-refractivity contribution in [1.29, 1.82) is 0 Å². The number of hydrogen-bond donors (Lipinski definition) is 1. The zero-order valence-corrected chi connectivity index (χ0v) is 14.1. The van der Waals surface area contributed by atoms with Crippen LogP contribution < -0.4 is 10.2 Å². The van der Waals surface area contributed by atoms with Crippen molar-refractivity contribution >= 4 is 11.8 Å². The summed E-state index contributed by atoms with van der Waals surface area (Å²) in [6, 6.07) is 13.9. The molecule has 0 unspecified atom stereocenters. The van der Waals surface area contributed by atoms with Crippen LogP contribution in [0.4, 0.5) is 10.6 Å². The van der Waals surface area contributed by atoms with Crippen LogP contribution in [-0.2, 0) is 13.1 Å². The third-order valence-corrected chi connectivity index (χ3v) is 4.29. The third-order valence-electron chi connectivity index (χ3n) is 4.29. The Labute approximate surface area is 143 Å². The summed E-state index contributed by atoms with van der Waals surface area (Å²) in [5, 5.41) is 2.98. The van der Waals surface area contributed by atoms with Gasteiger partial charge in [-0.25, -0.2) is 9.78 Å². The standard InChI is InChI=1S/C19H24N4O/c1-22(15-16-7-3-2-4-8-16)19(24)21-14-17-9-10-20-18(13-17)23-11-5-6-12-23/h2-4,7-10,13H,5-6,11-12,14-15H2,1H3,(H,21,24). The molecule has 3 rings (SSSR count). The number of pyridine rings is 1. The molecule has 1 aromatic carbocycles. The number of aromatic nitrogens is 1. The second-order valence-electron chi connectivity index (χ2n) is 6.22. The molecule has 5 nitrogen and oxygen atoms in total. The Balaban J connectivity index is 1.53. The first kappa shape index (κ1) is 16.3. The van der Waals surface area contributed by atoms with Gasteiger partial charge in [-0.1, -0.05) is 30.3 Å². The molecule has 0 saturated carbocycles. The van der Waals surface area contributed by atoms with E-state index in [1.807, 2.05) is 49.6 Å². The van der Waals surface area contributed by atoms with Gasteiger partial charge in [0.05, 0.1) is 0 Å². The molecule has 2 heterocycles. The van der Waals surface area contributed by atoms with Crippen molar-refractivity contribution in [3.05, 3.63) is 59.8 Å². The lowest BCUT2D eigenvalue weighted by molar-refractivity contribution is 0.206. The van der Waals surface area contributed by atoms with Gasteiger partial charge in [-0.15, -0.1) is 0 Å². The summed E-state index contributed by atoms with van der Waals surface area (Å²) in [4.78, 5) is 20.7. The van der Waals surface area contributed by atoms with Gasteiger partial charge in [-0.2, -0.15) is 0 Å². The minimum Gasteiger partial charge on any atom is -0.357 e. The van der Waals surface area contributed by atoms with Crippen molar-refractivity contribution in [1.82, 2.24) is 15.2 Å². The Hall–Kier alpha value is -2.56. The Morgan fingerprint density at radius 2 is 1.92 bits per heavy atom. The van der Waals surface area contributed by atoms with Gasteiger partial charge >= 0.3 is 6.03 Å². The van der Waals surface area contributed by atoms with Crippen LogP contribution in [-0.4, -0.2) is 36.1 Å². The van der Waals surface area contributed by atoms with Crippen LogP contribution in [0, 0.1) is 0 Å². The highest BCUT2D eigenvalue weighted by molar-refractivity contribution is 5.73. The molecule has 1 aliphatic rings. The lowest BCUT2D eigenvalue weighted by Crippen LogP contribution is -2.36. The molecule has 24 heavy (non-hydrogen) atoms. The van der Waals surface area contributed by atoms with E-state index < -0.39 is 0 Å². The van der Waals surface area contributed by atoms with Crippen LogP contribution in [0.5, 0.6) is 0 Å². The number of nitrogens with zero attached hydrogens (tertiary/aromatic N) is 3. The lowest BCUT2D eigenvalue weighted by atomic mass is 10.2. The molecule has 1 fully saturated rings. The van der Waals surface area contributed by atoms with E-state index in [-0.39, 0.29) is 6.03 Å². The van der Waals surface area contributed by atoms with Gasteiger partial charge < -0.3 is 15.1 Å². The highest BCUT2D eigenvalue weighted by atomic mass is 16.2. The quantitative estimate of drug-likeness (QED) is 0.920. The maximum Gasteiger partial charge on any atom is 0.317 e. The van der Waals surface area contributed by atoms with Crippen LogP contribution in [0.15, 0.2) is 48.7 Å². The molecular formula is C19H24N4O. The number of nitrogens with one attached hydrogen (secondary N) is 1. The van der Waals surface area contributed by atoms with Crippen LogP contribution >= 0.6 is 0 Å². The number of anilines is 1. The number of rotatable bonds is 5. The monoisotopic (exact) mass is 324 g/mol. The normalized spacial score (nSPS) is 13.8. The number of urea groups is 1. The van der Waals surface area contributed by atoms with E-state index in [1.165, 1.54) is 12.8 Å². The first-order valence-electron chi connectivity index (χ1n) is 8.45. The van der Waals surface area contributed by atoms with Gasteiger partial charge in [0.25, 0.3) is 0 Å². The topological polar surface area (TPSA) is 48.5 Å². The Morgan fingerprint density at radius 1 is 1.17 bits per heavy atom. The van der Waals surface area contributed by atoms with Gasteiger partial charge in [0, 0.05) is 39.4 Å². The van der Waals surface area contributed by atoms with Crippen molar-refractivity contribution in [3.63, 3.8) is 0 Å². The van der Waals surface area contributed by atoms with E-state index in [1.54, 1.807) is 4.90 Å². The SMILES string of the molecule is CN(Cc1ccccc1)C(=O)NCc1ccnc(N2CCCC2)c1. The summed E-state index contributed by atoms with van der Waals surface area (Å²) >= 11 is 0. The van der Waals surface area contributed by atoms with Crippen molar-refractivity contribution < 1.29 is 4.79 Å². The van der Waals surface area contributed by atoms with E-state index in [2.05, 4.69) is 21.3 Å². The molecular weight excluding hydrogens is 300 g/mol. The molecule has 2 aromatic rings. The van der Waals surface area contributed by atoms with Gasteiger partial charge in [0.1, 0.15) is 5.82 Å². The Kier molecular flexibility index (Phi) is 5.31. The number of benzene rings is 1. The third kappa shape index (κ3) is 4.25. The van der Waals surface area contributed by atoms with E-state index in [4.69, 9.17) is 0 Å². The predicted molar refractivity (Wildman–Crippen MR) is 95.8 cm³/mol. The maximum absolute atomic E-state index is 12.3. The summed E-state index contributed by atoms with van der Waals surface area (Å²) in [5.41, 5.74) is 2.20. The average molecular weight is 324 g/mol. The largest absolute Gasteiger partial charge is 0.357 e. The molecule has 0 atom stereocenters. The predicted octanol–water partition coefficient (Wildman–Crippen LogP) is 3.02. The fourth-order valence-electron chi connectivity index (χ4n) is 2.93. The summed E-state index contributed by atoms with van der Waals surface area (Å²) in [7, 11) is 1.81.